The Labute approximate surface area is 212 Å². The predicted octanol–water partition coefficient (Wildman–Crippen LogP) is 3.30. The van der Waals surface area contributed by atoms with Gasteiger partial charge in [-0.25, -0.2) is 4.79 Å². The molecule has 200 valence electrons. The Hall–Kier alpha value is -2.76. The molecule has 1 fully saturated rings. The molecule has 0 aliphatic carbocycles. The lowest BCUT2D eigenvalue weighted by molar-refractivity contribution is -0.173. The number of alkyl carbamates (subject to hydrolysis) is 1. The number of hydrogen-bond acceptors (Lipinski definition) is 6. The zero-order valence-electron chi connectivity index (χ0n) is 20.8. The molecule has 2 N–H and O–H groups in total. The average molecular weight is 532 g/mol. The van der Waals surface area contributed by atoms with Gasteiger partial charge in [-0.2, -0.15) is 13.2 Å². The first-order chi connectivity index (χ1) is 16.6. The Bertz CT molecular complexity index is 951. The molecule has 36 heavy (non-hydrogen) atoms. The first kappa shape index (κ1) is 29.5. The van der Waals surface area contributed by atoms with Crippen molar-refractivity contribution in [1.82, 2.24) is 15.5 Å². The van der Waals surface area contributed by atoms with E-state index in [-0.39, 0.29) is 24.0 Å². The molecule has 1 aliphatic heterocycles. The topological polar surface area (TPSA) is 105 Å². The molecule has 2 rings (SSSR count). The number of nitrogens with one attached hydrogen (secondary N) is 2. The van der Waals surface area contributed by atoms with Gasteiger partial charge in [0.25, 0.3) is 5.78 Å². The van der Waals surface area contributed by atoms with Gasteiger partial charge in [0.1, 0.15) is 23.7 Å². The summed E-state index contributed by atoms with van der Waals surface area (Å²) in [7, 11) is 0. The first-order valence-corrected chi connectivity index (χ1v) is 12.6. The summed E-state index contributed by atoms with van der Waals surface area (Å²) in [5, 5.41) is 4.74. The van der Waals surface area contributed by atoms with Crippen LogP contribution < -0.4 is 10.6 Å². The second-order valence-electron chi connectivity index (χ2n) is 9.80. The maximum atomic E-state index is 13.3. The number of rotatable bonds is 8. The van der Waals surface area contributed by atoms with E-state index >= 15 is 0 Å². The molecule has 1 aromatic rings. The predicted molar refractivity (Wildman–Crippen MR) is 129 cm³/mol. The Morgan fingerprint density at radius 3 is 2.22 bits per heavy atom. The summed E-state index contributed by atoms with van der Waals surface area (Å²) < 4.78 is 45.0. The van der Waals surface area contributed by atoms with Crippen LogP contribution in [0.2, 0.25) is 0 Å². The molecular formula is C24H32F3N3O5S. The van der Waals surface area contributed by atoms with E-state index in [1.54, 1.807) is 65.0 Å². The standard InChI is InChI=1S/C24H32F3N3O5S/c1-14(2)18(29-22(34)35-23(3,4)5)21(33)30-13-36-12-17(30)20(32)28-16(19(31)24(25,26)27)11-15-9-7-6-8-10-15/h6-10,14,16-18H,11-13H2,1-5H3,(H,28,32)(H,29,34)/t16-,17-,18-/m0/s1. The van der Waals surface area contributed by atoms with Gasteiger partial charge in [-0.05, 0) is 32.3 Å². The van der Waals surface area contributed by atoms with Gasteiger partial charge >= 0.3 is 12.3 Å². The zero-order chi connectivity index (χ0) is 27.3. The smallest absolute Gasteiger partial charge is 0.444 e. The Balaban J connectivity index is 2.19. The molecule has 1 saturated heterocycles. The van der Waals surface area contributed by atoms with E-state index in [1.807, 2.05) is 0 Å². The lowest BCUT2D eigenvalue weighted by Crippen LogP contribution is -2.58. The molecule has 8 nitrogen and oxygen atoms in total. The van der Waals surface area contributed by atoms with E-state index in [9.17, 15) is 32.3 Å². The molecular weight excluding hydrogens is 499 g/mol. The number of hydrogen-bond donors (Lipinski definition) is 2. The number of halogens is 3. The highest BCUT2D eigenvalue weighted by molar-refractivity contribution is 7.99. The molecule has 1 heterocycles. The highest BCUT2D eigenvalue weighted by Gasteiger charge is 2.46. The number of benzene rings is 1. The van der Waals surface area contributed by atoms with Crippen molar-refractivity contribution < 1.29 is 37.1 Å². The van der Waals surface area contributed by atoms with E-state index in [0.29, 0.717) is 5.56 Å². The van der Waals surface area contributed by atoms with Crippen LogP contribution in [-0.2, 0) is 25.5 Å². The summed E-state index contributed by atoms with van der Waals surface area (Å²) in [6.45, 7) is 8.42. The number of alkyl halides is 3. The van der Waals surface area contributed by atoms with Crippen molar-refractivity contribution in [1.29, 1.82) is 0 Å². The lowest BCUT2D eigenvalue weighted by Gasteiger charge is -2.31. The van der Waals surface area contributed by atoms with E-state index in [4.69, 9.17) is 4.74 Å². The van der Waals surface area contributed by atoms with Crippen molar-refractivity contribution >= 4 is 35.5 Å². The molecule has 1 aromatic carbocycles. The molecule has 1 aliphatic rings. The molecule has 12 heteroatoms. The van der Waals surface area contributed by atoms with Gasteiger partial charge in [-0.1, -0.05) is 44.2 Å². The van der Waals surface area contributed by atoms with Crippen LogP contribution in [0.15, 0.2) is 30.3 Å². The third kappa shape index (κ3) is 8.42. The van der Waals surface area contributed by atoms with Crippen LogP contribution in [0.25, 0.3) is 0 Å². The maximum absolute atomic E-state index is 13.3. The highest BCUT2D eigenvalue weighted by atomic mass is 32.2. The molecule has 3 atom stereocenters. The number of ether oxygens (including phenoxy) is 1. The molecule has 0 spiro atoms. The van der Waals surface area contributed by atoms with Crippen LogP contribution in [0.4, 0.5) is 18.0 Å². The summed E-state index contributed by atoms with van der Waals surface area (Å²) >= 11 is 1.24. The van der Waals surface area contributed by atoms with E-state index < -0.39 is 53.6 Å². The minimum atomic E-state index is -5.15. The van der Waals surface area contributed by atoms with Gasteiger partial charge in [0, 0.05) is 12.2 Å². The monoisotopic (exact) mass is 531 g/mol. The Morgan fingerprint density at radius 2 is 1.69 bits per heavy atom. The van der Waals surface area contributed by atoms with Gasteiger partial charge in [0.05, 0.1) is 5.88 Å². The average Bonchev–Trinajstić information content (AvgIpc) is 3.25. The SMILES string of the molecule is CC(C)[C@H](NC(=O)OC(C)(C)C)C(=O)N1CSC[C@H]1C(=O)N[C@@H](Cc1ccccc1)C(=O)C(F)(F)F. The van der Waals surface area contributed by atoms with Crippen molar-refractivity contribution in [2.24, 2.45) is 5.92 Å². The first-order valence-electron chi connectivity index (χ1n) is 11.4. The number of nitrogens with zero attached hydrogens (tertiary/aromatic N) is 1. The number of ketones is 1. The molecule has 0 bridgehead atoms. The third-order valence-electron chi connectivity index (χ3n) is 5.27. The number of thioether (sulfide) groups is 1. The van der Waals surface area contributed by atoms with Crippen LogP contribution >= 0.6 is 11.8 Å². The molecule has 3 amide bonds. The zero-order valence-corrected chi connectivity index (χ0v) is 21.7. The van der Waals surface area contributed by atoms with E-state index in [0.717, 1.165) is 0 Å². The number of amides is 3. The number of carbonyl (C=O) groups excluding carboxylic acids is 4. The quantitative estimate of drug-likeness (QED) is 0.534. The summed E-state index contributed by atoms with van der Waals surface area (Å²) in [5.41, 5.74) is -0.352. The van der Waals surface area contributed by atoms with E-state index in [2.05, 4.69) is 10.6 Å². The number of Topliss-reactive ketones (excluding diaryl/α,β-unsaturated/α-hetero) is 1. The fourth-order valence-corrected chi connectivity index (χ4v) is 4.69. The summed E-state index contributed by atoms with van der Waals surface area (Å²) in [6, 6.07) is 4.04. The van der Waals surface area contributed by atoms with Crippen LogP contribution in [0.3, 0.4) is 0 Å². The largest absolute Gasteiger partial charge is 0.452 e. The van der Waals surface area contributed by atoms with Crippen molar-refractivity contribution in [2.75, 3.05) is 11.6 Å². The molecule has 0 unspecified atom stereocenters. The van der Waals surface area contributed by atoms with Gasteiger partial charge in [-0.3, -0.25) is 14.4 Å². The second kappa shape index (κ2) is 12.0. The maximum Gasteiger partial charge on any atom is 0.452 e. The van der Waals surface area contributed by atoms with Gasteiger partial charge in [0.2, 0.25) is 11.8 Å². The molecule has 0 radical (unpaired) electrons. The van der Waals surface area contributed by atoms with Gasteiger partial charge in [0.15, 0.2) is 0 Å². The lowest BCUT2D eigenvalue weighted by atomic mass is 10.0. The van der Waals surface area contributed by atoms with Crippen LogP contribution in [0, 0.1) is 5.92 Å². The van der Waals surface area contributed by atoms with Gasteiger partial charge < -0.3 is 20.3 Å². The Kier molecular flexibility index (Phi) is 9.81. The van der Waals surface area contributed by atoms with Crippen molar-refractivity contribution in [3.63, 3.8) is 0 Å². The van der Waals surface area contributed by atoms with Crippen LogP contribution in [-0.4, -0.2) is 70.1 Å². The summed E-state index contributed by atoms with van der Waals surface area (Å²) in [4.78, 5) is 51.9. The van der Waals surface area contributed by atoms with Gasteiger partial charge in [-0.15, -0.1) is 11.8 Å². The fraction of sp³-hybridized carbons (Fsp3) is 0.583. The minimum absolute atomic E-state index is 0.104. The van der Waals surface area contributed by atoms with E-state index in [1.165, 1.54) is 16.7 Å². The van der Waals surface area contributed by atoms with Crippen LogP contribution in [0.1, 0.15) is 40.2 Å². The second-order valence-corrected chi connectivity index (χ2v) is 10.8. The van der Waals surface area contributed by atoms with Crippen molar-refractivity contribution in [3.8, 4) is 0 Å². The number of carbonyl (C=O) groups is 4. The Morgan fingerprint density at radius 1 is 1.08 bits per heavy atom. The normalized spacial score (nSPS) is 17.9. The summed E-state index contributed by atoms with van der Waals surface area (Å²) in [6.07, 6.45) is -6.30. The molecule has 0 saturated carbocycles. The minimum Gasteiger partial charge on any atom is -0.444 e. The van der Waals surface area contributed by atoms with Crippen molar-refractivity contribution in [2.45, 2.75) is 70.9 Å². The fourth-order valence-electron chi connectivity index (χ4n) is 3.53. The molecule has 0 aromatic heterocycles. The highest BCUT2D eigenvalue weighted by Crippen LogP contribution is 2.25. The van der Waals surface area contributed by atoms with Crippen LogP contribution in [0.5, 0.6) is 0 Å². The third-order valence-corrected chi connectivity index (χ3v) is 6.28. The van der Waals surface area contributed by atoms with Crippen molar-refractivity contribution in [3.05, 3.63) is 35.9 Å². The summed E-state index contributed by atoms with van der Waals surface area (Å²) in [5.74, 6) is -3.64.